The first-order valence-corrected chi connectivity index (χ1v) is 23.8. The van der Waals surface area contributed by atoms with Crippen LogP contribution in [0.1, 0.15) is 113 Å². The maximum absolute atomic E-state index is 13.2. The number of carbonyl (C=O) groups is 7. The number of aldehydes is 2. The van der Waals surface area contributed by atoms with Gasteiger partial charge in [-0.2, -0.15) is 0 Å². The zero-order valence-electron chi connectivity index (χ0n) is 47.4. The molecule has 0 saturated heterocycles. The van der Waals surface area contributed by atoms with Crippen molar-refractivity contribution in [2.75, 3.05) is 10.6 Å². The largest absolute Gasteiger partial charge is 1.00 e. The van der Waals surface area contributed by atoms with Gasteiger partial charge in [-0.1, -0.05) is 31.7 Å². The minimum absolute atomic E-state index is 0. The third-order valence-corrected chi connectivity index (χ3v) is 10.2. The van der Waals surface area contributed by atoms with Crippen molar-refractivity contribution in [3.8, 4) is 11.3 Å². The molecule has 0 bridgehead atoms. The van der Waals surface area contributed by atoms with Crippen molar-refractivity contribution in [1.29, 1.82) is 0 Å². The van der Waals surface area contributed by atoms with E-state index in [1.165, 1.54) is 57.7 Å². The van der Waals surface area contributed by atoms with Gasteiger partial charge in [0.15, 0.2) is 12.6 Å². The summed E-state index contributed by atoms with van der Waals surface area (Å²) in [5.74, 6) is 0. The summed E-state index contributed by atoms with van der Waals surface area (Å²) in [5, 5.41) is 54.1. The molecule has 6 rings (SSSR count). The van der Waals surface area contributed by atoms with Gasteiger partial charge >= 0.3 is 90.6 Å². The summed E-state index contributed by atoms with van der Waals surface area (Å²) >= 11 is 3.19. The fourth-order valence-corrected chi connectivity index (χ4v) is 7.24. The van der Waals surface area contributed by atoms with Gasteiger partial charge in [0.05, 0.1) is 32.1 Å². The third kappa shape index (κ3) is 22.7. The molecule has 0 atom stereocenters. The molecule has 81 heavy (non-hydrogen) atoms. The Labute approximate surface area is 520 Å². The van der Waals surface area contributed by atoms with Crippen LogP contribution in [0, 0.1) is 20.2 Å². The van der Waals surface area contributed by atoms with Crippen LogP contribution < -0.4 is 80.5 Å². The molecule has 6 aromatic rings. The zero-order valence-corrected chi connectivity index (χ0v) is 52.0. The van der Waals surface area contributed by atoms with Crippen molar-refractivity contribution in [3.63, 3.8) is 0 Å². The molecule has 2 amide bonds. The molecule has 2 heterocycles. The number of hydrogen-bond acceptors (Lipinski definition) is 19. The number of hydrogen-bond donors (Lipinski definition) is 4. The van der Waals surface area contributed by atoms with E-state index < -0.39 is 63.7 Å². The first-order valence-electron chi connectivity index (χ1n) is 23.0. The van der Waals surface area contributed by atoms with Crippen LogP contribution in [-0.4, -0.2) is 102 Å². The van der Waals surface area contributed by atoms with Crippen LogP contribution in [0.5, 0.6) is 0 Å². The van der Waals surface area contributed by atoms with Gasteiger partial charge in [-0.05, 0) is 146 Å². The Balaban J connectivity index is 0. The number of anilines is 2. The Bertz CT molecular complexity index is 3200. The number of nitrogens with zero attached hydrogens (tertiary/aromatic N) is 4. The molecule has 0 radical (unpaired) electrons. The second-order valence-corrected chi connectivity index (χ2v) is 21.0. The normalized spacial score (nSPS) is 10.7. The summed E-state index contributed by atoms with van der Waals surface area (Å²) in [7, 11) is -1.51. The Kier molecular flexibility index (Phi) is 29.1. The van der Waals surface area contributed by atoms with Gasteiger partial charge in [0.25, 0.3) is 17.8 Å². The predicted octanol–water partition coefficient (Wildman–Crippen LogP) is 3.97. The number of amides is 2. The van der Waals surface area contributed by atoms with E-state index >= 15 is 0 Å². The summed E-state index contributed by atoms with van der Waals surface area (Å²) in [4.78, 5) is 105. The predicted molar refractivity (Wildman–Crippen MR) is 295 cm³/mol. The average Bonchev–Trinajstić information content (AvgIpc) is 3.80. The summed E-state index contributed by atoms with van der Waals surface area (Å²) in [6, 6.07) is 20.4. The van der Waals surface area contributed by atoms with Crippen molar-refractivity contribution in [2.45, 2.75) is 113 Å². The van der Waals surface area contributed by atoms with Crippen molar-refractivity contribution < 1.29 is 143 Å². The first kappa shape index (κ1) is 74.5. The Morgan fingerprint density at radius 1 is 0.593 bits per heavy atom. The molecule has 4 aromatic carbocycles. The fourth-order valence-electron chi connectivity index (χ4n) is 6.59. The Hall–Kier alpha value is -6.53. The van der Waals surface area contributed by atoms with Crippen LogP contribution >= 0.6 is 15.9 Å². The number of rotatable bonds is 9. The molecular weight excluding hydrogens is 1150 g/mol. The second-order valence-electron chi connectivity index (χ2n) is 20.3. The van der Waals surface area contributed by atoms with E-state index in [9.17, 15) is 49.0 Å². The summed E-state index contributed by atoms with van der Waals surface area (Å²) in [6.45, 7) is 20.7. The molecule has 0 aliphatic carbocycles. The van der Waals surface area contributed by atoms with E-state index in [0.29, 0.717) is 45.9 Å². The Morgan fingerprint density at radius 3 is 1.27 bits per heavy atom. The van der Waals surface area contributed by atoms with Gasteiger partial charge in [0.2, 0.25) is 0 Å². The van der Waals surface area contributed by atoms with Gasteiger partial charge in [-0.3, -0.25) is 45.2 Å². The number of nitro benzene ring substituents is 2. The van der Waals surface area contributed by atoms with Crippen molar-refractivity contribution >= 4 is 116 Å². The monoisotopic (exact) mass is 1210 g/mol. The fraction of sp³-hybridized carbons (Fsp3) is 0.327. The summed E-state index contributed by atoms with van der Waals surface area (Å²) in [6.07, 6.45) is -1.50. The van der Waals surface area contributed by atoms with E-state index in [4.69, 9.17) is 39.0 Å². The van der Waals surface area contributed by atoms with Gasteiger partial charge in [0, 0.05) is 52.0 Å². The van der Waals surface area contributed by atoms with Gasteiger partial charge in [-0.25, -0.2) is 28.3 Å². The SMILES string of the molecule is C.CC(C)(C)OC(=O)Nc1ccc(-c2c(C=O)c3cc([N+](=O)[O-])ccc3n2C(=O)OC(C)(C)C)cc1.CC(C)(C)OC(=O)Nc1ccc(B(O)O)cc1.CC(C)(C)OC(=O)n1c(Br)c(C=O)c2cc([N+](=O)[O-])ccc21.O=CO[O-].[H-].[Na+].[Na+]. The quantitative estimate of drug-likeness (QED) is 0.0397. The summed E-state index contributed by atoms with van der Waals surface area (Å²) in [5.41, 5.74) is -0.224. The molecule has 426 valence electrons. The van der Waals surface area contributed by atoms with E-state index in [0.717, 1.165) is 0 Å². The first-order chi connectivity index (χ1) is 36.0. The maximum atomic E-state index is 13.2. The minimum Gasteiger partial charge on any atom is -1.00 e. The standard InChI is InChI=1S/C25H27N3O7.C14H13BrN2O5.C11H16BNO4.CH2O3.CH4.2Na.H/c1-24(2,3)34-22(30)26-16-9-7-15(8-10-16)21-19(14-29)18-13-17(28(32)33)11-12-20(18)27(21)23(31)35-25(4,5)6;1-14(2,3)22-13(19)16-11-5-4-8(17(20)21)6-9(11)10(7-18)12(16)15;1-11(2,3)17-10(14)13-9-6-4-8(5-7-9)12(15)16;2-1-4-3;;;;/h7-14H,1-6H3,(H,26,30);4-7H,1-3H3;4-7,15-16H,1-3H3,(H,13,14);1,3H;1H4;;;/q;;;;;2*+1;-1/p-1. The van der Waals surface area contributed by atoms with E-state index in [1.54, 1.807) is 119 Å². The van der Waals surface area contributed by atoms with Gasteiger partial charge in [0.1, 0.15) is 27.0 Å². The number of halogens is 1. The molecule has 4 N–H and O–H groups in total. The zero-order chi connectivity index (χ0) is 59.2. The molecule has 0 aliphatic rings. The Morgan fingerprint density at radius 2 is 0.938 bits per heavy atom. The van der Waals surface area contributed by atoms with Gasteiger partial charge < -0.3 is 40.6 Å². The van der Waals surface area contributed by atoms with Crippen LogP contribution in [0.2, 0.25) is 0 Å². The molecule has 0 unspecified atom stereocenters. The molecular formula is C52H62BBrN6Na2O19. The number of nitrogens with one attached hydrogen (secondary N) is 2. The number of non-ortho nitro benzene ring substituents is 2. The third-order valence-electron chi connectivity index (χ3n) is 9.43. The number of ether oxygens (including phenoxy) is 4. The van der Waals surface area contributed by atoms with Crippen LogP contribution in [0.15, 0.2) is 89.5 Å². The van der Waals surface area contributed by atoms with Crippen LogP contribution in [0.4, 0.5) is 41.9 Å². The molecule has 29 heteroatoms. The second kappa shape index (κ2) is 31.6. The smallest absolute Gasteiger partial charge is 1.00 e. The van der Waals surface area contributed by atoms with Crippen LogP contribution in [0.3, 0.4) is 0 Å². The molecule has 0 spiro atoms. The van der Waals surface area contributed by atoms with Crippen LogP contribution in [0.25, 0.3) is 33.1 Å². The number of fused-ring (bicyclic) bond motifs is 2. The topological polar surface area (TPSA) is 349 Å². The molecule has 0 aliphatic heterocycles. The molecule has 0 fully saturated rings. The number of nitro groups is 2. The van der Waals surface area contributed by atoms with E-state index in [2.05, 4.69) is 31.5 Å². The maximum Gasteiger partial charge on any atom is 1.00 e. The van der Waals surface area contributed by atoms with Crippen LogP contribution in [-0.2, 0) is 28.6 Å². The number of benzene rings is 4. The van der Waals surface area contributed by atoms with Crippen molar-refractivity contribution in [2.24, 2.45) is 0 Å². The molecule has 0 saturated carbocycles. The minimum atomic E-state index is -1.51. The number of carbonyl (C=O) groups excluding carboxylic acids is 7. The molecule has 25 nitrogen and oxygen atoms in total. The average molecular weight is 1210 g/mol. The molecule has 2 aromatic heterocycles. The van der Waals surface area contributed by atoms with Crippen molar-refractivity contribution in [3.05, 3.63) is 121 Å². The van der Waals surface area contributed by atoms with E-state index in [1.807, 2.05) is 0 Å². The number of aromatic nitrogens is 2. The summed E-state index contributed by atoms with van der Waals surface area (Å²) < 4.78 is 23.8. The van der Waals surface area contributed by atoms with Crippen molar-refractivity contribution in [1.82, 2.24) is 9.13 Å². The van der Waals surface area contributed by atoms with E-state index in [-0.39, 0.29) is 118 Å². The van der Waals surface area contributed by atoms with Gasteiger partial charge in [-0.15, -0.1) is 0 Å².